The molecule has 82 valence electrons. The predicted molar refractivity (Wildman–Crippen MR) is 65.1 cm³/mol. The summed E-state index contributed by atoms with van der Waals surface area (Å²) in [5.41, 5.74) is 1.65. The van der Waals surface area contributed by atoms with E-state index in [2.05, 4.69) is 9.98 Å². The van der Waals surface area contributed by atoms with Crippen LogP contribution < -0.4 is 5.49 Å². The fraction of sp³-hybridized carbons (Fsp3) is 0.0909. The van der Waals surface area contributed by atoms with E-state index in [1.165, 1.54) is 0 Å². The van der Waals surface area contributed by atoms with Crippen molar-refractivity contribution in [3.05, 3.63) is 52.3 Å². The lowest BCUT2D eigenvalue weighted by Crippen LogP contribution is -2.17. The second-order valence-electron chi connectivity index (χ2n) is 3.12. The molecule has 0 radical (unpaired) electrons. The first-order valence-electron chi connectivity index (χ1n) is 4.64. The molecular weight excluding hydrogens is 245 g/mol. The highest BCUT2D eigenvalue weighted by Crippen LogP contribution is 2.20. The van der Waals surface area contributed by atoms with Crippen molar-refractivity contribution in [2.75, 3.05) is 7.05 Å². The fourth-order valence-corrected chi connectivity index (χ4v) is 1.64. The Hall–Kier alpha value is -1.32. The van der Waals surface area contributed by atoms with Crippen molar-refractivity contribution in [2.24, 2.45) is 4.99 Å². The first-order chi connectivity index (χ1) is 7.72. The van der Waals surface area contributed by atoms with Crippen molar-refractivity contribution in [3.63, 3.8) is 0 Å². The minimum Gasteiger partial charge on any atom is -0.301 e. The Morgan fingerprint density at radius 3 is 2.81 bits per heavy atom. The van der Waals surface area contributed by atoms with Gasteiger partial charge >= 0.3 is 0 Å². The lowest BCUT2D eigenvalue weighted by molar-refractivity contribution is 0.931. The van der Waals surface area contributed by atoms with E-state index in [1.807, 2.05) is 29.0 Å². The van der Waals surface area contributed by atoms with Crippen LogP contribution in [0, 0.1) is 0 Å². The summed E-state index contributed by atoms with van der Waals surface area (Å²) in [6.45, 7) is 0. The Labute approximate surface area is 103 Å². The van der Waals surface area contributed by atoms with Gasteiger partial charge in [-0.15, -0.1) is 0 Å². The summed E-state index contributed by atoms with van der Waals surface area (Å²) in [6.07, 6.45) is 3.55. The molecule has 0 aliphatic carbocycles. The topological polar surface area (TPSA) is 30.2 Å². The van der Waals surface area contributed by atoms with Crippen LogP contribution >= 0.6 is 23.2 Å². The van der Waals surface area contributed by atoms with Gasteiger partial charge in [0, 0.05) is 13.2 Å². The third kappa shape index (κ3) is 2.10. The van der Waals surface area contributed by atoms with Crippen LogP contribution in [0.1, 0.15) is 0 Å². The zero-order chi connectivity index (χ0) is 11.5. The van der Waals surface area contributed by atoms with E-state index in [9.17, 15) is 0 Å². The Kier molecular flexibility index (Phi) is 3.27. The highest BCUT2D eigenvalue weighted by atomic mass is 35.5. The number of hydrogen-bond acceptors (Lipinski definition) is 2. The predicted octanol–water partition coefficient (Wildman–Crippen LogP) is 2.71. The Morgan fingerprint density at radius 2 is 2.12 bits per heavy atom. The minimum absolute atomic E-state index is 0.303. The molecule has 0 spiro atoms. The molecule has 0 aromatic carbocycles. The second kappa shape index (κ2) is 4.68. The average molecular weight is 254 g/mol. The van der Waals surface area contributed by atoms with Crippen molar-refractivity contribution in [3.8, 4) is 5.69 Å². The highest BCUT2D eigenvalue weighted by molar-refractivity contribution is 6.41. The first-order valence-corrected chi connectivity index (χ1v) is 5.40. The quantitative estimate of drug-likeness (QED) is 0.719. The SMILES string of the molecule is CN=c1ccccn1-c1cnc(Cl)c(Cl)c1. The molecule has 3 nitrogen and oxygen atoms in total. The lowest BCUT2D eigenvalue weighted by atomic mass is 10.4. The lowest BCUT2D eigenvalue weighted by Gasteiger charge is -2.07. The summed E-state index contributed by atoms with van der Waals surface area (Å²) in [5, 5.41) is 0.731. The van der Waals surface area contributed by atoms with Crippen LogP contribution in [0.4, 0.5) is 0 Å². The van der Waals surface area contributed by atoms with E-state index in [4.69, 9.17) is 23.2 Å². The van der Waals surface area contributed by atoms with Gasteiger partial charge in [-0.1, -0.05) is 29.3 Å². The van der Waals surface area contributed by atoms with Crippen LogP contribution in [0.25, 0.3) is 5.69 Å². The number of hydrogen-bond donors (Lipinski definition) is 0. The third-order valence-corrected chi connectivity index (χ3v) is 2.81. The van der Waals surface area contributed by atoms with Crippen LogP contribution in [0.15, 0.2) is 41.7 Å². The van der Waals surface area contributed by atoms with Gasteiger partial charge in [-0.05, 0) is 18.2 Å². The molecule has 0 aliphatic heterocycles. The number of nitrogens with zero attached hydrogens (tertiary/aromatic N) is 3. The summed E-state index contributed by atoms with van der Waals surface area (Å²) in [5.74, 6) is 0. The third-order valence-electron chi connectivity index (χ3n) is 2.13. The normalized spacial score (nSPS) is 11.8. The summed E-state index contributed by atoms with van der Waals surface area (Å²) in [6, 6.07) is 7.50. The van der Waals surface area contributed by atoms with Gasteiger partial charge in [0.2, 0.25) is 0 Å². The van der Waals surface area contributed by atoms with E-state index in [1.54, 1.807) is 19.3 Å². The fourth-order valence-electron chi connectivity index (χ4n) is 1.38. The Morgan fingerprint density at radius 1 is 1.31 bits per heavy atom. The molecule has 0 amide bonds. The van der Waals surface area contributed by atoms with Gasteiger partial charge in [-0.2, -0.15) is 0 Å². The molecule has 2 rings (SSSR count). The number of halogens is 2. The van der Waals surface area contributed by atoms with E-state index in [-0.39, 0.29) is 0 Å². The highest BCUT2D eigenvalue weighted by Gasteiger charge is 2.02. The van der Waals surface area contributed by atoms with Crippen molar-refractivity contribution in [1.82, 2.24) is 9.55 Å². The molecule has 0 unspecified atom stereocenters. The Balaban J connectivity index is 2.64. The van der Waals surface area contributed by atoms with Crippen molar-refractivity contribution in [2.45, 2.75) is 0 Å². The van der Waals surface area contributed by atoms with Crippen molar-refractivity contribution >= 4 is 23.2 Å². The van der Waals surface area contributed by atoms with Crippen molar-refractivity contribution in [1.29, 1.82) is 0 Å². The van der Waals surface area contributed by atoms with Gasteiger partial charge < -0.3 is 4.57 Å². The molecule has 0 saturated carbocycles. The van der Waals surface area contributed by atoms with Gasteiger partial charge in [-0.25, -0.2) is 4.98 Å². The molecular formula is C11H9Cl2N3. The summed E-state index contributed by atoms with van der Waals surface area (Å²) in [7, 11) is 1.73. The molecule has 0 bridgehead atoms. The van der Waals surface area contributed by atoms with E-state index in [0.717, 1.165) is 11.2 Å². The number of rotatable bonds is 1. The molecule has 2 aromatic heterocycles. The molecule has 2 aromatic rings. The average Bonchev–Trinajstić information content (AvgIpc) is 2.32. The number of pyridine rings is 2. The van der Waals surface area contributed by atoms with Crippen LogP contribution in [0.2, 0.25) is 10.2 Å². The minimum atomic E-state index is 0.303. The van der Waals surface area contributed by atoms with Crippen LogP contribution in [0.5, 0.6) is 0 Å². The molecule has 16 heavy (non-hydrogen) atoms. The Bertz CT molecular complexity index is 575. The first kappa shape index (κ1) is 11.2. The van der Waals surface area contributed by atoms with E-state index in [0.29, 0.717) is 10.2 Å². The zero-order valence-corrected chi connectivity index (χ0v) is 10.1. The maximum absolute atomic E-state index is 5.92. The van der Waals surface area contributed by atoms with Crippen LogP contribution in [-0.2, 0) is 0 Å². The van der Waals surface area contributed by atoms with Crippen molar-refractivity contribution < 1.29 is 0 Å². The maximum atomic E-state index is 5.92. The molecule has 0 saturated heterocycles. The zero-order valence-electron chi connectivity index (χ0n) is 8.56. The van der Waals surface area contributed by atoms with Crippen LogP contribution in [-0.4, -0.2) is 16.6 Å². The van der Waals surface area contributed by atoms with Gasteiger partial charge in [-0.3, -0.25) is 4.99 Å². The van der Waals surface area contributed by atoms with Crippen LogP contribution in [0.3, 0.4) is 0 Å². The molecule has 0 atom stereocenters. The standard InChI is InChI=1S/C11H9Cl2N3/c1-14-10-4-2-3-5-16(10)8-6-9(12)11(13)15-7-8/h2-7H,1H3. The smallest absolute Gasteiger partial charge is 0.147 e. The monoisotopic (exact) mass is 253 g/mol. The molecule has 2 heterocycles. The molecule has 0 fully saturated rings. The molecule has 0 N–H and O–H groups in total. The van der Waals surface area contributed by atoms with E-state index >= 15 is 0 Å². The summed E-state index contributed by atoms with van der Waals surface area (Å²) in [4.78, 5) is 8.16. The summed E-state index contributed by atoms with van der Waals surface area (Å²) >= 11 is 11.7. The maximum Gasteiger partial charge on any atom is 0.147 e. The summed E-state index contributed by atoms with van der Waals surface area (Å²) < 4.78 is 1.88. The van der Waals surface area contributed by atoms with E-state index < -0.39 is 0 Å². The van der Waals surface area contributed by atoms with Gasteiger partial charge in [0.1, 0.15) is 10.6 Å². The van der Waals surface area contributed by atoms with Gasteiger partial charge in [0.25, 0.3) is 0 Å². The molecule has 5 heteroatoms. The second-order valence-corrected chi connectivity index (χ2v) is 3.88. The largest absolute Gasteiger partial charge is 0.301 e. The number of aromatic nitrogens is 2. The molecule has 0 aliphatic rings. The van der Waals surface area contributed by atoms with Gasteiger partial charge in [0.15, 0.2) is 0 Å². The van der Waals surface area contributed by atoms with Gasteiger partial charge in [0.05, 0.1) is 16.9 Å².